The van der Waals surface area contributed by atoms with Crippen molar-refractivity contribution in [3.8, 4) is 33.4 Å². The molecule has 1 aliphatic rings. The fraction of sp³-hybridized carbons (Fsp3) is 0.100. The molecule has 2 heteroatoms. The summed E-state index contributed by atoms with van der Waals surface area (Å²) in [7, 11) is 0. The molecule has 11 aromatic rings. The van der Waals surface area contributed by atoms with Crippen molar-refractivity contribution in [2.24, 2.45) is 0 Å². The fourth-order valence-corrected chi connectivity index (χ4v) is 11.6. The third-order valence-electron chi connectivity index (χ3n) is 13.4. The maximum absolute atomic E-state index is 2.53. The van der Waals surface area contributed by atoms with Crippen LogP contribution in [0.3, 0.4) is 0 Å². The van der Waals surface area contributed by atoms with Gasteiger partial charge in [-0.2, -0.15) is 0 Å². The van der Waals surface area contributed by atoms with Gasteiger partial charge in [-0.3, -0.25) is 0 Å². The molecule has 1 aromatic heterocycles. The predicted molar refractivity (Wildman–Crippen MR) is 269 cm³/mol. The Morgan fingerprint density at radius 3 is 1.53 bits per heavy atom. The van der Waals surface area contributed by atoms with Gasteiger partial charge in [0.25, 0.3) is 0 Å². The first-order valence-electron chi connectivity index (χ1n) is 22.2. The Morgan fingerprint density at radius 1 is 0.355 bits per heavy atom. The van der Waals surface area contributed by atoms with Gasteiger partial charge in [0.2, 0.25) is 0 Å². The van der Waals surface area contributed by atoms with E-state index in [1.165, 1.54) is 124 Å². The molecule has 0 spiro atoms. The summed E-state index contributed by atoms with van der Waals surface area (Å²) in [5.41, 5.74) is 12.4. The molecule has 0 unspecified atom stereocenters. The van der Waals surface area contributed by atoms with E-state index in [1.807, 2.05) is 11.3 Å². The van der Waals surface area contributed by atoms with Crippen LogP contribution < -0.4 is 4.90 Å². The monoisotopic (exact) mass is 811 g/mol. The Labute approximate surface area is 367 Å². The highest BCUT2D eigenvalue weighted by Gasteiger charge is 2.24. The van der Waals surface area contributed by atoms with E-state index >= 15 is 0 Å². The number of benzene rings is 10. The molecule has 0 N–H and O–H groups in total. The summed E-state index contributed by atoms with van der Waals surface area (Å²) >= 11 is 2.00. The number of thiophene rings is 1. The summed E-state index contributed by atoms with van der Waals surface area (Å²) in [6.45, 7) is 0. The molecule has 0 aliphatic heterocycles. The van der Waals surface area contributed by atoms with Crippen LogP contribution in [0, 0.1) is 0 Å². The second-order valence-electron chi connectivity index (χ2n) is 17.1. The van der Waals surface area contributed by atoms with E-state index in [4.69, 9.17) is 0 Å². The van der Waals surface area contributed by atoms with Crippen molar-refractivity contribution in [3.63, 3.8) is 0 Å². The lowest BCUT2D eigenvalue weighted by Crippen LogP contribution is -2.10. The molecule has 0 amide bonds. The molecule has 1 heterocycles. The van der Waals surface area contributed by atoms with Crippen LogP contribution in [0.4, 0.5) is 17.1 Å². The van der Waals surface area contributed by atoms with Crippen LogP contribution in [0.1, 0.15) is 43.6 Å². The summed E-state index contributed by atoms with van der Waals surface area (Å²) < 4.78 is 2.80. The molecular weight excluding hydrogens is 767 g/mol. The quantitative estimate of drug-likeness (QED) is 0.155. The molecule has 0 radical (unpaired) electrons. The summed E-state index contributed by atoms with van der Waals surface area (Å²) in [6.07, 6.45) is 6.57. The smallest absolute Gasteiger partial charge is 0.0640 e. The summed E-state index contributed by atoms with van der Waals surface area (Å²) in [6, 6.07) is 76.6. The molecule has 12 rings (SSSR count). The van der Waals surface area contributed by atoms with Gasteiger partial charge in [0.15, 0.2) is 0 Å². The van der Waals surface area contributed by atoms with Crippen molar-refractivity contribution in [1.29, 1.82) is 0 Å². The number of nitrogens with zero attached hydrogens (tertiary/aromatic N) is 1. The summed E-state index contributed by atoms with van der Waals surface area (Å²) in [5, 5.41) is 10.5. The highest BCUT2D eigenvalue weighted by atomic mass is 32.1. The normalized spacial score (nSPS) is 13.4. The van der Waals surface area contributed by atoms with Crippen LogP contribution in [0.5, 0.6) is 0 Å². The van der Waals surface area contributed by atoms with Crippen molar-refractivity contribution in [2.45, 2.75) is 38.0 Å². The van der Waals surface area contributed by atoms with E-state index in [9.17, 15) is 0 Å². The van der Waals surface area contributed by atoms with E-state index in [2.05, 4.69) is 211 Å². The first kappa shape index (κ1) is 36.8. The van der Waals surface area contributed by atoms with Crippen molar-refractivity contribution < 1.29 is 0 Å². The van der Waals surface area contributed by atoms with Crippen LogP contribution in [0.25, 0.3) is 85.9 Å². The van der Waals surface area contributed by atoms with Gasteiger partial charge >= 0.3 is 0 Å². The molecule has 1 saturated carbocycles. The minimum absolute atomic E-state index is 0.614. The van der Waals surface area contributed by atoms with Gasteiger partial charge in [-0.15, -0.1) is 11.3 Å². The molecule has 1 fully saturated rings. The second-order valence-corrected chi connectivity index (χ2v) is 18.1. The van der Waals surface area contributed by atoms with Gasteiger partial charge in [-0.25, -0.2) is 0 Å². The number of hydrogen-bond donors (Lipinski definition) is 0. The Balaban J connectivity index is 0.960. The largest absolute Gasteiger partial charge is 0.309 e. The second kappa shape index (κ2) is 15.5. The summed E-state index contributed by atoms with van der Waals surface area (Å²) in [5.74, 6) is 0.614. The van der Waals surface area contributed by atoms with Gasteiger partial charge in [0.1, 0.15) is 0 Å². The van der Waals surface area contributed by atoms with Crippen molar-refractivity contribution >= 4 is 80.9 Å². The van der Waals surface area contributed by atoms with Gasteiger partial charge < -0.3 is 4.90 Å². The predicted octanol–water partition coefficient (Wildman–Crippen LogP) is 18.0. The Morgan fingerprint density at radius 2 is 0.855 bits per heavy atom. The third kappa shape index (κ3) is 6.54. The van der Waals surface area contributed by atoms with E-state index in [0.717, 1.165) is 11.4 Å². The highest BCUT2D eigenvalue weighted by Crippen LogP contribution is 2.50. The SMILES string of the molecule is c1ccc(-c2ccc(N(c3ccc(-c4ccc5cc(-c6ccc7ccccc7c6)ccc5c4)cc3)c3cccc4c3sc3c(C5CCCCC5)cc5ccccc5c34)cc2)cc1. The number of hydrogen-bond acceptors (Lipinski definition) is 2. The minimum atomic E-state index is 0.614. The lowest BCUT2D eigenvalue weighted by Gasteiger charge is -2.26. The number of rotatable bonds is 7. The topological polar surface area (TPSA) is 3.24 Å². The highest BCUT2D eigenvalue weighted by molar-refractivity contribution is 7.26. The average Bonchev–Trinajstić information content (AvgIpc) is 3.75. The van der Waals surface area contributed by atoms with Crippen molar-refractivity contribution in [3.05, 3.63) is 212 Å². The Kier molecular flexibility index (Phi) is 9.19. The van der Waals surface area contributed by atoms with Crippen LogP contribution >= 0.6 is 11.3 Å². The van der Waals surface area contributed by atoms with Gasteiger partial charge in [0.05, 0.1) is 10.4 Å². The van der Waals surface area contributed by atoms with Crippen molar-refractivity contribution in [1.82, 2.24) is 0 Å². The van der Waals surface area contributed by atoms with Gasteiger partial charge in [0, 0.05) is 26.8 Å². The summed E-state index contributed by atoms with van der Waals surface area (Å²) in [4.78, 5) is 2.48. The van der Waals surface area contributed by atoms with Crippen LogP contribution in [0.2, 0.25) is 0 Å². The molecule has 1 nitrogen and oxygen atoms in total. The van der Waals surface area contributed by atoms with Crippen LogP contribution in [0.15, 0.2) is 206 Å². The molecule has 0 bridgehead atoms. The lowest BCUT2D eigenvalue weighted by molar-refractivity contribution is 0.446. The average molecular weight is 812 g/mol. The zero-order chi connectivity index (χ0) is 41.0. The van der Waals surface area contributed by atoms with E-state index in [-0.39, 0.29) is 0 Å². The zero-order valence-electron chi connectivity index (χ0n) is 34.6. The molecule has 296 valence electrons. The molecule has 0 atom stereocenters. The first-order valence-corrected chi connectivity index (χ1v) is 23.0. The Bertz CT molecular complexity index is 3430. The van der Waals surface area contributed by atoms with Crippen LogP contribution in [-0.4, -0.2) is 0 Å². The third-order valence-corrected chi connectivity index (χ3v) is 14.7. The number of anilines is 3. The van der Waals surface area contributed by atoms with Crippen LogP contribution in [-0.2, 0) is 0 Å². The molecule has 1 aliphatic carbocycles. The van der Waals surface area contributed by atoms with E-state index in [1.54, 1.807) is 5.56 Å². The maximum atomic E-state index is 2.53. The first-order chi connectivity index (χ1) is 30.7. The minimum Gasteiger partial charge on any atom is -0.309 e. The molecular formula is C60H45NS. The maximum Gasteiger partial charge on any atom is 0.0640 e. The number of fused-ring (bicyclic) bond motifs is 7. The Hall–Kier alpha value is -7.00. The van der Waals surface area contributed by atoms with E-state index in [0.29, 0.717) is 5.92 Å². The molecule has 0 saturated heterocycles. The van der Waals surface area contributed by atoms with Gasteiger partial charge in [-0.05, 0) is 145 Å². The standard InChI is InChI=1S/C60H45NS/c1-3-12-40(13-4-1)42-28-32-52(33-29-42)61(57-21-11-20-55-58-54-19-10-9-18-51(54)39-56(60(58)62-59(55)57)44-15-5-2-6-16-44)53-34-30-43(31-35-53)46-24-25-49-38-50(27-26-48(49)37-46)47-23-22-41-14-7-8-17-45(41)36-47/h1,3-4,7-14,17-39,44H,2,5-6,15-16H2. The van der Waals surface area contributed by atoms with Gasteiger partial charge in [-0.1, -0.05) is 171 Å². The van der Waals surface area contributed by atoms with E-state index < -0.39 is 0 Å². The zero-order valence-corrected chi connectivity index (χ0v) is 35.4. The fourth-order valence-electron chi connectivity index (χ4n) is 10.2. The lowest BCUT2D eigenvalue weighted by atomic mass is 9.82. The molecule has 10 aromatic carbocycles. The van der Waals surface area contributed by atoms with Crippen molar-refractivity contribution in [2.75, 3.05) is 4.90 Å². The molecule has 62 heavy (non-hydrogen) atoms.